The Morgan fingerprint density at radius 3 is 2.83 bits per heavy atom. The van der Waals surface area contributed by atoms with Crippen LogP contribution < -0.4 is 10.1 Å². The largest absolute Gasteiger partial charge is 0.496 e. The second-order valence-electron chi connectivity index (χ2n) is 7.67. The molecular weight excluding hydrogens is 388 g/mol. The molecular formula is C21H27ClN6O. The zero-order chi connectivity index (χ0) is 20.4. The molecule has 1 fully saturated rings. The molecule has 0 bridgehead atoms. The molecule has 0 saturated carbocycles. The Hall–Kier alpha value is -2.38. The highest BCUT2D eigenvalue weighted by Gasteiger charge is 2.26. The van der Waals surface area contributed by atoms with Gasteiger partial charge in [-0.15, -0.1) is 0 Å². The lowest BCUT2D eigenvalue weighted by Crippen LogP contribution is -2.29. The summed E-state index contributed by atoms with van der Waals surface area (Å²) in [7, 11) is 3.94. The van der Waals surface area contributed by atoms with E-state index in [4.69, 9.17) is 16.3 Å². The molecule has 4 rings (SSSR count). The van der Waals surface area contributed by atoms with E-state index in [0.29, 0.717) is 12.5 Å². The molecule has 29 heavy (non-hydrogen) atoms. The number of nitrogens with zero attached hydrogens (tertiary/aromatic N) is 4. The van der Waals surface area contributed by atoms with E-state index in [0.717, 1.165) is 71.2 Å². The number of methoxy groups -OCH3 is 1. The molecule has 0 radical (unpaired) electrons. The van der Waals surface area contributed by atoms with E-state index in [1.54, 1.807) is 13.4 Å². The topological polar surface area (TPSA) is 79.0 Å². The minimum Gasteiger partial charge on any atom is -0.496 e. The summed E-state index contributed by atoms with van der Waals surface area (Å²) < 4.78 is 5.91. The molecule has 3 aromatic rings. The summed E-state index contributed by atoms with van der Waals surface area (Å²) in [5.74, 6) is 2.19. The molecule has 7 nitrogen and oxygen atoms in total. The molecule has 3 heterocycles. The third kappa shape index (κ3) is 4.02. The van der Waals surface area contributed by atoms with Gasteiger partial charge in [0.25, 0.3) is 0 Å². The van der Waals surface area contributed by atoms with Crippen molar-refractivity contribution in [3.8, 4) is 5.75 Å². The number of ether oxygens (including phenoxy) is 1. The van der Waals surface area contributed by atoms with Crippen molar-refractivity contribution < 1.29 is 4.74 Å². The van der Waals surface area contributed by atoms with Crippen LogP contribution in [-0.4, -0.2) is 58.6 Å². The maximum Gasteiger partial charge on any atom is 0.162 e. The molecule has 0 unspecified atom stereocenters. The highest BCUT2D eigenvalue weighted by Crippen LogP contribution is 2.41. The van der Waals surface area contributed by atoms with Gasteiger partial charge in [0.15, 0.2) is 11.5 Å². The Bertz CT molecular complexity index is 996. The zero-order valence-electron chi connectivity index (χ0n) is 17.1. The minimum atomic E-state index is 0.483. The van der Waals surface area contributed by atoms with Crippen molar-refractivity contribution in [2.24, 2.45) is 0 Å². The van der Waals surface area contributed by atoms with Crippen molar-refractivity contribution in [3.05, 3.63) is 40.4 Å². The summed E-state index contributed by atoms with van der Waals surface area (Å²) in [5, 5.41) is 4.19. The predicted molar refractivity (Wildman–Crippen MR) is 116 cm³/mol. The van der Waals surface area contributed by atoms with Gasteiger partial charge in [-0.3, -0.25) is 0 Å². The fourth-order valence-corrected chi connectivity index (χ4v) is 4.46. The fourth-order valence-electron chi connectivity index (χ4n) is 4.22. The molecule has 0 aliphatic carbocycles. The smallest absolute Gasteiger partial charge is 0.162 e. The number of benzene rings is 1. The van der Waals surface area contributed by atoms with Gasteiger partial charge in [0.2, 0.25) is 0 Å². The number of imidazole rings is 1. The van der Waals surface area contributed by atoms with Gasteiger partial charge in [-0.2, -0.15) is 0 Å². The lowest BCUT2D eigenvalue weighted by Gasteiger charge is -2.32. The molecule has 1 aromatic carbocycles. The number of fused-ring (bicyclic) bond motifs is 1. The zero-order valence-corrected chi connectivity index (χ0v) is 17.9. The van der Waals surface area contributed by atoms with E-state index < -0.39 is 0 Å². The first-order valence-electron chi connectivity index (χ1n) is 10.0. The monoisotopic (exact) mass is 414 g/mol. The maximum absolute atomic E-state index is 6.63. The number of hydrogen-bond acceptors (Lipinski definition) is 6. The van der Waals surface area contributed by atoms with Crippen LogP contribution in [0.25, 0.3) is 11.2 Å². The molecule has 0 amide bonds. The summed E-state index contributed by atoms with van der Waals surface area (Å²) in [5.41, 5.74) is 5.01. The van der Waals surface area contributed by atoms with Gasteiger partial charge in [-0.25, -0.2) is 15.0 Å². The molecule has 1 aliphatic rings. The van der Waals surface area contributed by atoms with Gasteiger partial charge in [0.05, 0.1) is 13.4 Å². The van der Waals surface area contributed by atoms with Gasteiger partial charge < -0.3 is 19.9 Å². The number of likely N-dealkylation sites (tertiary alicyclic amines) is 1. The highest BCUT2D eigenvalue weighted by atomic mass is 35.5. The van der Waals surface area contributed by atoms with Crippen LogP contribution >= 0.6 is 11.6 Å². The van der Waals surface area contributed by atoms with E-state index in [9.17, 15) is 0 Å². The van der Waals surface area contributed by atoms with Crippen molar-refractivity contribution >= 4 is 28.6 Å². The molecule has 0 atom stereocenters. The first kappa shape index (κ1) is 19.9. The Morgan fingerprint density at radius 1 is 1.28 bits per heavy atom. The van der Waals surface area contributed by atoms with E-state index in [2.05, 4.69) is 44.1 Å². The fraction of sp³-hybridized carbons (Fsp3) is 0.476. The van der Waals surface area contributed by atoms with Crippen molar-refractivity contribution in [1.29, 1.82) is 0 Å². The number of piperidine rings is 1. The van der Waals surface area contributed by atoms with E-state index >= 15 is 0 Å². The number of aromatic nitrogens is 4. The average Bonchev–Trinajstić information content (AvgIpc) is 3.21. The van der Waals surface area contributed by atoms with E-state index in [-0.39, 0.29) is 0 Å². The Labute approximate surface area is 175 Å². The van der Waals surface area contributed by atoms with E-state index in [1.165, 1.54) is 11.9 Å². The summed E-state index contributed by atoms with van der Waals surface area (Å²) in [6.45, 7) is 5.01. The first-order chi connectivity index (χ1) is 14.1. The second kappa shape index (κ2) is 8.55. The summed E-state index contributed by atoms with van der Waals surface area (Å²) in [6, 6.07) is 2.04. The molecule has 2 aromatic heterocycles. The Kier molecular flexibility index (Phi) is 5.87. The Morgan fingerprint density at radius 2 is 2.07 bits per heavy atom. The molecule has 1 saturated heterocycles. The van der Waals surface area contributed by atoms with Crippen molar-refractivity contribution in [2.45, 2.75) is 32.1 Å². The summed E-state index contributed by atoms with van der Waals surface area (Å²) in [4.78, 5) is 18.2. The van der Waals surface area contributed by atoms with Gasteiger partial charge >= 0.3 is 0 Å². The maximum atomic E-state index is 6.63. The normalized spacial score (nSPS) is 15.7. The third-order valence-corrected chi connectivity index (χ3v) is 6.23. The summed E-state index contributed by atoms with van der Waals surface area (Å²) in [6.07, 6.45) is 6.19. The molecule has 154 valence electrons. The highest BCUT2D eigenvalue weighted by molar-refractivity contribution is 6.31. The molecule has 8 heteroatoms. The van der Waals surface area contributed by atoms with Gasteiger partial charge in [0, 0.05) is 17.1 Å². The Balaban J connectivity index is 1.56. The number of aromatic amines is 1. The van der Waals surface area contributed by atoms with Crippen LogP contribution in [0.3, 0.4) is 0 Å². The SMILES string of the molecule is COc1c(CCNc2ncnc3[nH]cnc23)cc(Cl)c(C)c1C1CCN(C)CC1. The lowest BCUT2D eigenvalue weighted by atomic mass is 9.84. The third-order valence-electron chi connectivity index (χ3n) is 5.83. The second-order valence-corrected chi connectivity index (χ2v) is 8.07. The van der Waals surface area contributed by atoms with Crippen LogP contribution in [0.2, 0.25) is 5.02 Å². The van der Waals surface area contributed by atoms with Gasteiger partial charge in [-0.05, 0) is 69.4 Å². The minimum absolute atomic E-state index is 0.483. The molecule has 1 aliphatic heterocycles. The van der Waals surface area contributed by atoms with Crippen LogP contribution in [0, 0.1) is 6.92 Å². The quantitative estimate of drug-likeness (QED) is 0.638. The van der Waals surface area contributed by atoms with Crippen molar-refractivity contribution in [2.75, 3.05) is 39.1 Å². The average molecular weight is 415 g/mol. The number of rotatable bonds is 6. The number of anilines is 1. The number of hydrogen-bond donors (Lipinski definition) is 2. The van der Waals surface area contributed by atoms with E-state index in [1.807, 2.05) is 6.07 Å². The molecule has 0 spiro atoms. The predicted octanol–water partition coefficient (Wildman–Crippen LogP) is 3.79. The van der Waals surface area contributed by atoms with Crippen LogP contribution in [0.15, 0.2) is 18.7 Å². The standard InChI is InChI=1S/C21H27ClN6O/c1-13-16(22)10-15(19(29-3)17(13)14-5-8-28(2)9-6-14)4-7-23-20-18-21(25-11-24-18)27-12-26-20/h10-12,14H,4-9H2,1-3H3,(H2,23,24,25,26,27). The number of halogens is 1. The van der Waals surface area contributed by atoms with Crippen molar-refractivity contribution in [1.82, 2.24) is 24.8 Å². The van der Waals surface area contributed by atoms with Crippen LogP contribution in [0.1, 0.15) is 35.4 Å². The first-order valence-corrected chi connectivity index (χ1v) is 10.4. The van der Waals surface area contributed by atoms with Gasteiger partial charge in [0.1, 0.15) is 17.6 Å². The van der Waals surface area contributed by atoms with Crippen molar-refractivity contribution in [3.63, 3.8) is 0 Å². The van der Waals surface area contributed by atoms with Crippen LogP contribution in [0.4, 0.5) is 5.82 Å². The van der Waals surface area contributed by atoms with Crippen LogP contribution in [0.5, 0.6) is 5.75 Å². The lowest BCUT2D eigenvalue weighted by molar-refractivity contribution is 0.252. The molecule has 2 N–H and O–H groups in total. The summed E-state index contributed by atoms with van der Waals surface area (Å²) >= 11 is 6.63. The van der Waals surface area contributed by atoms with Crippen LogP contribution in [-0.2, 0) is 6.42 Å². The number of nitrogens with one attached hydrogen (secondary N) is 2. The van der Waals surface area contributed by atoms with Gasteiger partial charge in [-0.1, -0.05) is 11.6 Å². The number of H-pyrrole nitrogens is 1.